The molecule has 2 rings (SSSR count). The second-order valence-corrected chi connectivity index (χ2v) is 6.94. The van der Waals surface area contributed by atoms with Crippen molar-refractivity contribution in [2.45, 2.75) is 24.7 Å². The first-order chi connectivity index (χ1) is 9.95. The summed E-state index contributed by atoms with van der Waals surface area (Å²) in [6.07, 6.45) is 1.82. The molecule has 1 aromatic carbocycles. The van der Waals surface area contributed by atoms with E-state index in [1.54, 1.807) is 19.1 Å². The highest BCUT2D eigenvalue weighted by molar-refractivity contribution is 7.89. The molecule has 0 unspecified atom stereocenters. The number of likely N-dealkylation sites (N-methyl/N-ethyl adjacent to an activating group) is 1. The molecule has 1 saturated heterocycles. The third kappa shape index (κ3) is 3.54. The van der Waals surface area contributed by atoms with Crippen LogP contribution in [-0.4, -0.2) is 45.4 Å². The number of sulfonamides is 1. The van der Waals surface area contributed by atoms with Gasteiger partial charge in [0, 0.05) is 20.1 Å². The largest absolute Gasteiger partial charge is 0.484 e. The van der Waals surface area contributed by atoms with Gasteiger partial charge in [0.1, 0.15) is 5.75 Å². The second kappa shape index (κ2) is 6.44. The first kappa shape index (κ1) is 15.8. The highest BCUT2D eigenvalue weighted by atomic mass is 32.2. The van der Waals surface area contributed by atoms with Crippen LogP contribution in [0.5, 0.6) is 5.75 Å². The SMILES string of the molecule is CNC(=O)COc1ccc(S(=O)(=O)N2CCCC2)cc1C. The zero-order chi connectivity index (χ0) is 15.5. The van der Waals surface area contributed by atoms with Crippen LogP contribution in [0.15, 0.2) is 23.1 Å². The number of nitrogens with zero attached hydrogens (tertiary/aromatic N) is 1. The molecule has 1 aliphatic rings. The van der Waals surface area contributed by atoms with Crippen molar-refractivity contribution in [3.63, 3.8) is 0 Å². The summed E-state index contributed by atoms with van der Waals surface area (Å²) in [5, 5.41) is 2.46. The molecule has 1 amide bonds. The lowest BCUT2D eigenvalue weighted by atomic mass is 10.2. The molecule has 1 aliphatic heterocycles. The summed E-state index contributed by atoms with van der Waals surface area (Å²) in [7, 11) is -1.88. The van der Waals surface area contributed by atoms with E-state index in [9.17, 15) is 13.2 Å². The number of carbonyl (C=O) groups excluding carboxylic acids is 1. The lowest BCUT2D eigenvalue weighted by Gasteiger charge is -2.16. The molecular formula is C14H20N2O4S. The Labute approximate surface area is 125 Å². The molecule has 116 valence electrons. The predicted octanol–water partition coefficient (Wildman–Crippen LogP) is 0.904. The van der Waals surface area contributed by atoms with Crippen LogP contribution in [0.1, 0.15) is 18.4 Å². The van der Waals surface area contributed by atoms with E-state index >= 15 is 0 Å². The fourth-order valence-electron chi connectivity index (χ4n) is 2.24. The van der Waals surface area contributed by atoms with E-state index in [0.717, 1.165) is 12.8 Å². The summed E-state index contributed by atoms with van der Waals surface area (Å²) in [5.41, 5.74) is 0.694. The van der Waals surface area contributed by atoms with E-state index in [2.05, 4.69) is 5.32 Å². The minimum absolute atomic E-state index is 0.0877. The topological polar surface area (TPSA) is 75.7 Å². The Morgan fingerprint density at radius 3 is 2.57 bits per heavy atom. The molecule has 1 aromatic rings. The summed E-state index contributed by atoms with van der Waals surface area (Å²) in [5.74, 6) is 0.280. The van der Waals surface area contributed by atoms with Crippen LogP contribution in [0.4, 0.5) is 0 Å². The molecule has 1 N–H and O–H groups in total. The van der Waals surface area contributed by atoms with Gasteiger partial charge in [-0.15, -0.1) is 0 Å². The molecule has 1 fully saturated rings. The maximum absolute atomic E-state index is 12.4. The molecule has 0 atom stereocenters. The van der Waals surface area contributed by atoms with E-state index in [4.69, 9.17) is 4.74 Å². The normalized spacial score (nSPS) is 15.9. The number of nitrogens with one attached hydrogen (secondary N) is 1. The highest BCUT2D eigenvalue weighted by Gasteiger charge is 2.27. The first-order valence-electron chi connectivity index (χ1n) is 6.89. The van der Waals surface area contributed by atoms with Crippen LogP contribution in [0.3, 0.4) is 0 Å². The number of benzene rings is 1. The summed E-state index contributed by atoms with van der Waals surface area (Å²) < 4.78 is 31.7. The van der Waals surface area contributed by atoms with Crippen molar-refractivity contribution < 1.29 is 17.9 Å². The average Bonchev–Trinajstić information content (AvgIpc) is 3.00. The number of hydrogen-bond donors (Lipinski definition) is 1. The van der Waals surface area contributed by atoms with E-state index in [1.807, 2.05) is 0 Å². The lowest BCUT2D eigenvalue weighted by Crippen LogP contribution is -2.28. The van der Waals surface area contributed by atoms with E-state index in [-0.39, 0.29) is 17.4 Å². The van der Waals surface area contributed by atoms with Gasteiger partial charge in [-0.05, 0) is 43.5 Å². The van der Waals surface area contributed by atoms with Crippen LogP contribution >= 0.6 is 0 Å². The van der Waals surface area contributed by atoms with Crippen molar-refractivity contribution in [1.82, 2.24) is 9.62 Å². The molecule has 7 heteroatoms. The fourth-order valence-corrected chi connectivity index (χ4v) is 3.84. The Morgan fingerprint density at radius 2 is 2.00 bits per heavy atom. The number of hydrogen-bond acceptors (Lipinski definition) is 4. The van der Waals surface area contributed by atoms with Crippen LogP contribution in [-0.2, 0) is 14.8 Å². The molecule has 21 heavy (non-hydrogen) atoms. The van der Waals surface area contributed by atoms with Crippen LogP contribution in [0.2, 0.25) is 0 Å². The number of aryl methyl sites for hydroxylation is 1. The van der Waals surface area contributed by atoms with E-state index in [1.165, 1.54) is 17.4 Å². The van der Waals surface area contributed by atoms with Gasteiger partial charge in [0.2, 0.25) is 10.0 Å². The molecular weight excluding hydrogens is 292 g/mol. The Bertz CT molecular complexity index is 622. The Kier molecular flexibility index (Phi) is 4.84. The summed E-state index contributed by atoms with van der Waals surface area (Å²) >= 11 is 0. The standard InChI is InChI=1S/C14H20N2O4S/c1-11-9-12(21(18,19)16-7-3-4-8-16)5-6-13(11)20-10-14(17)15-2/h5-6,9H,3-4,7-8,10H2,1-2H3,(H,15,17). The van der Waals surface area contributed by atoms with Crippen molar-refractivity contribution in [3.05, 3.63) is 23.8 Å². The first-order valence-corrected chi connectivity index (χ1v) is 8.33. The minimum atomic E-state index is -3.42. The van der Waals surface area contributed by atoms with Gasteiger partial charge in [0.25, 0.3) is 5.91 Å². The Morgan fingerprint density at radius 1 is 1.33 bits per heavy atom. The van der Waals surface area contributed by atoms with Crippen molar-refractivity contribution in [2.75, 3.05) is 26.7 Å². The van der Waals surface area contributed by atoms with Gasteiger partial charge in [-0.25, -0.2) is 8.42 Å². The van der Waals surface area contributed by atoms with Crippen molar-refractivity contribution in [3.8, 4) is 5.75 Å². The van der Waals surface area contributed by atoms with Gasteiger partial charge in [-0.3, -0.25) is 4.79 Å². The van der Waals surface area contributed by atoms with Crippen LogP contribution in [0.25, 0.3) is 0 Å². The summed E-state index contributed by atoms with van der Waals surface area (Å²) in [4.78, 5) is 11.4. The number of ether oxygens (including phenoxy) is 1. The molecule has 0 aromatic heterocycles. The zero-order valence-corrected chi connectivity index (χ0v) is 13.1. The molecule has 0 saturated carbocycles. The van der Waals surface area contributed by atoms with Crippen molar-refractivity contribution in [1.29, 1.82) is 0 Å². The molecule has 0 radical (unpaired) electrons. The summed E-state index contributed by atoms with van der Waals surface area (Å²) in [6.45, 7) is 2.84. The van der Waals surface area contributed by atoms with Gasteiger partial charge in [-0.2, -0.15) is 4.31 Å². The summed E-state index contributed by atoms with van der Waals surface area (Å²) in [6, 6.07) is 4.72. The average molecular weight is 312 g/mol. The minimum Gasteiger partial charge on any atom is -0.484 e. The van der Waals surface area contributed by atoms with Gasteiger partial charge < -0.3 is 10.1 Å². The van der Waals surface area contributed by atoms with E-state index < -0.39 is 10.0 Å². The van der Waals surface area contributed by atoms with Gasteiger partial charge in [-0.1, -0.05) is 0 Å². The monoisotopic (exact) mass is 312 g/mol. The van der Waals surface area contributed by atoms with Crippen molar-refractivity contribution in [2.24, 2.45) is 0 Å². The molecule has 6 nitrogen and oxygen atoms in total. The molecule has 0 spiro atoms. The third-order valence-electron chi connectivity index (χ3n) is 3.49. The number of carbonyl (C=O) groups is 1. The maximum Gasteiger partial charge on any atom is 0.257 e. The maximum atomic E-state index is 12.4. The van der Waals surface area contributed by atoms with Crippen molar-refractivity contribution >= 4 is 15.9 Å². The number of amides is 1. The van der Waals surface area contributed by atoms with Gasteiger partial charge in [0.05, 0.1) is 4.90 Å². The fraction of sp³-hybridized carbons (Fsp3) is 0.500. The molecule has 1 heterocycles. The predicted molar refractivity (Wildman–Crippen MR) is 78.7 cm³/mol. The number of rotatable bonds is 5. The zero-order valence-electron chi connectivity index (χ0n) is 12.3. The Hall–Kier alpha value is -1.60. The lowest BCUT2D eigenvalue weighted by molar-refractivity contribution is -0.122. The van der Waals surface area contributed by atoms with Gasteiger partial charge >= 0.3 is 0 Å². The molecule has 0 aliphatic carbocycles. The van der Waals surface area contributed by atoms with Gasteiger partial charge in [0.15, 0.2) is 6.61 Å². The molecule has 0 bridgehead atoms. The smallest absolute Gasteiger partial charge is 0.257 e. The quantitative estimate of drug-likeness (QED) is 0.876. The third-order valence-corrected chi connectivity index (χ3v) is 5.38. The highest BCUT2D eigenvalue weighted by Crippen LogP contribution is 2.25. The Balaban J connectivity index is 2.16. The van der Waals surface area contributed by atoms with Crippen LogP contribution in [0, 0.1) is 6.92 Å². The second-order valence-electron chi connectivity index (χ2n) is 5.00. The van der Waals surface area contributed by atoms with Crippen LogP contribution < -0.4 is 10.1 Å². The van der Waals surface area contributed by atoms with E-state index in [0.29, 0.717) is 24.4 Å².